The molecule has 4 fully saturated rings. The molecular weight excluding hydrogens is 280 g/mol. The Morgan fingerprint density at radius 2 is 1.86 bits per heavy atom. The maximum Gasteiger partial charge on any atom is 0.217 e. The highest BCUT2D eigenvalue weighted by Gasteiger charge is 2.80. The average Bonchev–Trinajstić information content (AvgIpc) is 2.52. The van der Waals surface area contributed by atoms with Gasteiger partial charge in [-0.3, -0.25) is 5.41 Å². The Morgan fingerprint density at radius 3 is 2.41 bits per heavy atom. The highest BCUT2D eigenvalue weighted by Crippen LogP contribution is 2.66. The lowest BCUT2D eigenvalue weighted by Crippen LogP contribution is -2.76. The van der Waals surface area contributed by atoms with Gasteiger partial charge >= 0.3 is 0 Å². The summed E-state index contributed by atoms with van der Waals surface area (Å²) in [7, 11) is 0. The Hall–Kier alpha value is -2.10. The maximum atomic E-state index is 9.89. The lowest BCUT2D eigenvalue weighted by molar-refractivity contribution is -0.364. The molecule has 1 spiro atoms. The van der Waals surface area contributed by atoms with Gasteiger partial charge < -0.3 is 9.47 Å². The number of hydrogen-bond acceptors (Lipinski definition) is 6. The van der Waals surface area contributed by atoms with Gasteiger partial charge in [0.1, 0.15) is 0 Å². The minimum Gasteiger partial charge on any atom is -0.447 e. The van der Waals surface area contributed by atoms with Crippen LogP contribution in [0.25, 0.3) is 0 Å². The molecule has 0 aromatic heterocycles. The van der Waals surface area contributed by atoms with Crippen LogP contribution in [0.1, 0.15) is 39.5 Å². The molecule has 1 N–H and O–H groups in total. The highest BCUT2D eigenvalue weighted by molar-refractivity contribution is 5.88. The van der Waals surface area contributed by atoms with E-state index in [0.29, 0.717) is 12.8 Å². The standard InChI is InChI=1S/C16H18N4O2/c1-10(2)12-15(9-19)13(20)22-16(21-12)6-4-3-5-11(16)14(15,7-17)8-18/h10-12,20H,3-6H2,1-2H3/t11-,12-,15-,16+/m1/s1. The van der Waals surface area contributed by atoms with Crippen LogP contribution in [0.5, 0.6) is 0 Å². The molecule has 1 saturated carbocycles. The number of nitriles is 3. The molecule has 0 aromatic carbocycles. The second kappa shape index (κ2) is 4.45. The van der Waals surface area contributed by atoms with E-state index in [-0.39, 0.29) is 11.8 Å². The summed E-state index contributed by atoms with van der Waals surface area (Å²) in [4.78, 5) is 0. The van der Waals surface area contributed by atoms with Crippen LogP contribution < -0.4 is 0 Å². The Morgan fingerprint density at radius 1 is 1.18 bits per heavy atom. The summed E-state index contributed by atoms with van der Waals surface area (Å²) < 4.78 is 11.9. The quantitative estimate of drug-likeness (QED) is 0.798. The lowest BCUT2D eigenvalue weighted by atomic mass is 9.48. The van der Waals surface area contributed by atoms with Crippen molar-refractivity contribution in [1.29, 1.82) is 21.2 Å². The van der Waals surface area contributed by atoms with E-state index in [2.05, 4.69) is 18.2 Å². The van der Waals surface area contributed by atoms with Crippen LogP contribution in [-0.4, -0.2) is 17.8 Å². The van der Waals surface area contributed by atoms with Crippen molar-refractivity contribution in [3.05, 3.63) is 0 Å². The Kier molecular flexibility index (Phi) is 3.00. The average molecular weight is 298 g/mol. The monoisotopic (exact) mass is 298 g/mol. The van der Waals surface area contributed by atoms with Gasteiger partial charge in [-0.15, -0.1) is 0 Å². The second-order valence-electron chi connectivity index (χ2n) is 6.78. The van der Waals surface area contributed by atoms with E-state index < -0.39 is 28.6 Å². The zero-order chi connectivity index (χ0) is 16.2. The summed E-state index contributed by atoms with van der Waals surface area (Å²) in [5.41, 5.74) is -3.25. The maximum absolute atomic E-state index is 9.89. The fraction of sp³-hybridized carbons (Fsp3) is 0.750. The van der Waals surface area contributed by atoms with E-state index in [1.165, 1.54) is 0 Å². The Bertz CT molecular complexity index is 639. The molecule has 3 aliphatic heterocycles. The van der Waals surface area contributed by atoms with Gasteiger partial charge in [0.15, 0.2) is 10.8 Å². The molecule has 6 heteroatoms. The first-order chi connectivity index (χ1) is 10.4. The molecule has 114 valence electrons. The van der Waals surface area contributed by atoms with E-state index in [1.807, 2.05) is 13.8 Å². The normalized spacial score (nSPS) is 41.7. The van der Waals surface area contributed by atoms with E-state index in [9.17, 15) is 15.8 Å². The number of rotatable bonds is 1. The fourth-order valence-corrected chi connectivity index (χ4v) is 4.51. The topological polar surface area (TPSA) is 114 Å². The predicted molar refractivity (Wildman–Crippen MR) is 74.9 cm³/mol. The first-order valence-corrected chi connectivity index (χ1v) is 7.63. The molecule has 0 amide bonds. The van der Waals surface area contributed by atoms with Crippen molar-refractivity contribution >= 4 is 5.90 Å². The summed E-state index contributed by atoms with van der Waals surface area (Å²) in [6.45, 7) is 3.76. The summed E-state index contributed by atoms with van der Waals surface area (Å²) in [5.74, 6) is -1.98. The molecule has 6 nitrogen and oxygen atoms in total. The zero-order valence-electron chi connectivity index (χ0n) is 12.7. The molecule has 4 atom stereocenters. The number of ether oxygens (including phenoxy) is 2. The first-order valence-electron chi connectivity index (χ1n) is 7.63. The van der Waals surface area contributed by atoms with Crippen LogP contribution in [0.4, 0.5) is 0 Å². The van der Waals surface area contributed by atoms with Crippen molar-refractivity contribution < 1.29 is 9.47 Å². The van der Waals surface area contributed by atoms with Crippen molar-refractivity contribution in [1.82, 2.24) is 0 Å². The molecule has 3 saturated heterocycles. The predicted octanol–water partition coefficient (Wildman–Crippen LogP) is 2.48. The SMILES string of the molecule is CC(C)[C@H]1O[C@]23CCCC[C@@H]2C(C#N)(C#N)[C@@]1(C#N)C(=N)O3. The second-order valence-corrected chi connectivity index (χ2v) is 6.78. The van der Waals surface area contributed by atoms with E-state index >= 15 is 0 Å². The minimum absolute atomic E-state index is 0.107. The summed E-state index contributed by atoms with van der Waals surface area (Å²) in [6, 6.07) is 6.32. The number of hydrogen-bond donors (Lipinski definition) is 1. The molecule has 0 aromatic rings. The molecule has 22 heavy (non-hydrogen) atoms. The summed E-state index contributed by atoms with van der Waals surface area (Å²) >= 11 is 0. The number of nitrogens with one attached hydrogen (secondary N) is 1. The first kappa shape index (κ1) is 14.8. The van der Waals surface area contributed by atoms with Crippen molar-refractivity contribution in [2.45, 2.75) is 51.4 Å². The Labute approximate surface area is 129 Å². The molecule has 0 unspecified atom stereocenters. The molecule has 2 bridgehead atoms. The highest BCUT2D eigenvalue weighted by atomic mass is 16.7. The molecule has 3 heterocycles. The van der Waals surface area contributed by atoms with Crippen LogP contribution >= 0.6 is 0 Å². The molecular formula is C16H18N4O2. The van der Waals surface area contributed by atoms with Crippen molar-refractivity contribution in [3.63, 3.8) is 0 Å². The number of nitrogens with zero attached hydrogens (tertiary/aromatic N) is 3. The molecule has 4 aliphatic rings. The van der Waals surface area contributed by atoms with E-state index in [4.69, 9.17) is 14.9 Å². The van der Waals surface area contributed by atoms with Gasteiger partial charge in [0.25, 0.3) is 0 Å². The lowest BCUT2D eigenvalue weighted by Gasteiger charge is -2.64. The molecule has 0 radical (unpaired) electrons. The van der Waals surface area contributed by atoms with Crippen molar-refractivity contribution in [2.75, 3.05) is 0 Å². The Balaban J connectivity index is 2.32. The smallest absolute Gasteiger partial charge is 0.217 e. The van der Waals surface area contributed by atoms with Gasteiger partial charge in [0.05, 0.1) is 30.2 Å². The third kappa shape index (κ3) is 1.33. The van der Waals surface area contributed by atoms with Crippen LogP contribution in [-0.2, 0) is 9.47 Å². The zero-order valence-corrected chi connectivity index (χ0v) is 12.7. The van der Waals surface area contributed by atoms with Gasteiger partial charge in [-0.1, -0.05) is 20.3 Å². The van der Waals surface area contributed by atoms with Crippen molar-refractivity contribution in [3.8, 4) is 18.2 Å². The van der Waals surface area contributed by atoms with Gasteiger partial charge in [0.2, 0.25) is 11.7 Å². The van der Waals surface area contributed by atoms with Gasteiger partial charge in [-0.05, 0) is 18.8 Å². The van der Waals surface area contributed by atoms with Gasteiger partial charge in [-0.25, -0.2) is 0 Å². The van der Waals surface area contributed by atoms with Crippen LogP contribution in [0.2, 0.25) is 0 Å². The summed E-state index contributed by atoms with van der Waals surface area (Å²) in [5, 5.41) is 38.0. The van der Waals surface area contributed by atoms with Crippen molar-refractivity contribution in [2.24, 2.45) is 22.7 Å². The van der Waals surface area contributed by atoms with Crippen LogP contribution in [0, 0.1) is 62.1 Å². The van der Waals surface area contributed by atoms with Crippen LogP contribution in [0.3, 0.4) is 0 Å². The van der Waals surface area contributed by atoms with Gasteiger partial charge in [-0.2, -0.15) is 15.8 Å². The third-order valence-corrected chi connectivity index (χ3v) is 5.46. The largest absolute Gasteiger partial charge is 0.447 e. The summed E-state index contributed by atoms with van der Waals surface area (Å²) in [6.07, 6.45) is 2.19. The number of fused-ring (bicyclic) bond motifs is 2. The van der Waals surface area contributed by atoms with Crippen LogP contribution in [0.15, 0.2) is 0 Å². The van der Waals surface area contributed by atoms with E-state index in [1.54, 1.807) is 0 Å². The van der Waals surface area contributed by atoms with E-state index in [0.717, 1.165) is 12.8 Å². The fourth-order valence-electron chi connectivity index (χ4n) is 4.51. The third-order valence-electron chi connectivity index (χ3n) is 5.46. The minimum atomic E-state index is -1.66. The van der Waals surface area contributed by atoms with Gasteiger partial charge in [0, 0.05) is 6.42 Å². The molecule has 1 aliphatic carbocycles. The molecule has 4 rings (SSSR count).